The van der Waals surface area contributed by atoms with Crippen molar-refractivity contribution in [1.82, 2.24) is 19.4 Å². The van der Waals surface area contributed by atoms with E-state index in [1.165, 1.54) is 11.3 Å². The van der Waals surface area contributed by atoms with Gasteiger partial charge in [0.25, 0.3) is 0 Å². The summed E-state index contributed by atoms with van der Waals surface area (Å²) in [6.07, 6.45) is 3.94. The molecule has 2 aliphatic rings. The molecular formula is C23H26N4O3. The summed E-state index contributed by atoms with van der Waals surface area (Å²) in [6, 6.07) is 14.5. The van der Waals surface area contributed by atoms with Crippen LogP contribution in [0.4, 0.5) is 0 Å². The second-order valence-electron chi connectivity index (χ2n) is 7.67. The SMILES string of the molecule is COc1ccc(-n2cccc2CN2CCN(Cc3ccc4c(c3)OCO4)CC2)cn1. The predicted octanol–water partition coefficient (Wildman–Crippen LogP) is 2.93. The van der Waals surface area contributed by atoms with Crippen molar-refractivity contribution in [1.29, 1.82) is 0 Å². The lowest BCUT2D eigenvalue weighted by molar-refractivity contribution is 0.120. The zero-order valence-corrected chi connectivity index (χ0v) is 17.2. The molecule has 0 bridgehead atoms. The number of hydrogen-bond acceptors (Lipinski definition) is 6. The van der Waals surface area contributed by atoms with E-state index in [4.69, 9.17) is 14.2 Å². The van der Waals surface area contributed by atoms with Crippen LogP contribution in [-0.4, -0.2) is 59.4 Å². The van der Waals surface area contributed by atoms with Gasteiger partial charge in [0, 0.05) is 57.2 Å². The van der Waals surface area contributed by atoms with Crippen molar-refractivity contribution in [3.63, 3.8) is 0 Å². The van der Waals surface area contributed by atoms with Crippen LogP contribution in [0, 0.1) is 0 Å². The van der Waals surface area contributed by atoms with E-state index in [0.717, 1.165) is 56.5 Å². The standard InChI is InChI=1S/C23H26N4O3/c1-28-23-7-5-19(14-24-23)27-8-2-3-20(27)16-26-11-9-25(10-12-26)15-18-4-6-21-22(13-18)30-17-29-21/h2-8,13-14H,9-12,15-17H2,1H3. The quantitative estimate of drug-likeness (QED) is 0.628. The van der Waals surface area contributed by atoms with Gasteiger partial charge in [0.2, 0.25) is 12.7 Å². The molecule has 1 saturated heterocycles. The van der Waals surface area contributed by atoms with Gasteiger partial charge in [-0.3, -0.25) is 9.80 Å². The van der Waals surface area contributed by atoms with E-state index in [0.29, 0.717) is 12.7 Å². The molecule has 7 heteroatoms. The molecule has 1 fully saturated rings. The van der Waals surface area contributed by atoms with Crippen molar-refractivity contribution < 1.29 is 14.2 Å². The summed E-state index contributed by atoms with van der Waals surface area (Å²) >= 11 is 0. The fourth-order valence-corrected chi connectivity index (χ4v) is 4.06. The third-order valence-corrected chi connectivity index (χ3v) is 5.73. The van der Waals surface area contributed by atoms with Gasteiger partial charge >= 0.3 is 0 Å². The second-order valence-corrected chi connectivity index (χ2v) is 7.67. The van der Waals surface area contributed by atoms with E-state index in [1.807, 2.05) is 24.4 Å². The zero-order valence-electron chi connectivity index (χ0n) is 17.2. The summed E-state index contributed by atoms with van der Waals surface area (Å²) in [5, 5.41) is 0. The minimum absolute atomic E-state index is 0.325. The van der Waals surface area contributed by atoms with Crippen LogP contribution < -0.4 is 14.2 Å². The summed E-state index contributed by atoms with van der Waals surface area (Å²) < 4.78 is 18.3. The molecule has 0 atom stereocenters. The number of hydrogen-bond donors (Lipinski definition) is 0. The molecule has 156 valence electrons. The van der Waals surface area contributed by atoms with Gasteiger partial charge in [-0.2, -0.15) is 0 Å². The molecule has 0 spiro atoms. The smallest absolute Gasteiger partial charge is 0.231 e. The third-order valence-electron chi connectivity index (χ3n) is 5.73. The molecule has 0 radical (unpaired) electrons. The van der Waals surface area contributed by atoms with Gasteiger partial charge in [-0.15, -0.1) is 0 Å². The largest absolute Gasteiger partial charge is 0.481 e. The number of rotatable bonds is 6. The van der Waals surface area contributed by atoms with Gasteiger partial charge in [-0.25, -0.2) is 4.98 Å². The minimum Gasteiger partial charge on any atom is -0.481 e. The van der Waals surface area contributed by atoms with Crippen LogP contribution in [0.3, 0.4) is 0 Å². The first-order valence-corrected chi connectivity index (χ1v) is 10.3. The normalized spacial score (nSPS) is 16.7. The number of benzene rings is 1. The molecule has 0 unspecified atom stereocenters. The maximum atomic E-state index is 5.50. The molecule has 3 aromatic rings. The van der Waals surface area contributed by atoms with Crippen molar-refractivity contribution in [2.24, 2.45) is 0 Å². The lowest BCUT2D eigenvalue weighted by Crippen LogP contribution is -2.45. The number of pyridine rings is 1. The Kier molecular flexibility index (Phi) is 5.29. The fourth-order valence-electron chi connectivity index (χ4n) is 4.06. The summed E-state index contributed by atoms with van der Waals surface area (Å²) in [5.74, 6) is 2.34. The highest BCUT2D eigenvalue weighted by atomic mass is 16.7. The molecule has 0 saturated carbocycles. The van der Waals surface area contributed by atoms with E-state index in [-0.39, 0.29) is 0 Å². The Morgan fingerprint density at radius 3 is 2.50 bits per heavy atom. The molecule has 1 aromatic carbocycles. The molecule has 2 aliphatic heterocycles. The van der Waals surface area contributed by atoms with Crippen molar-refractivity contribution in [2.75, 3.05) is 40.1 Å². The molecule has 0 aliphatic carbocycles. The number of piperazine rings is 1. The van der Waals surface area contributed by atoms with E-state index < -0.39 is 0 Å². The highest BCUT2D eigenvalue weighted by Crippen LogP contribution is 2.32. The van der Waals surface area contributed by atoms with Gasteiger partial charge in [-0.05, 0) is 35.9 Å². The first kappa shape index (κ1) is 19.0. The highest BCUT2D eigenvalue weighted by molar-refractivity contribution is 5.44. The van der Waals surface area contributed by atoms with Gasteiger partial charge < -0.3 is 18.8 Å². The number of nitrogens with zero attached hydrogens (tertiary/aromatic N) is 4. The maximum absolute atomic E-state index is 5.50. The van der Waals surface area contributed by atoms with Crippen molar-refractivity contribution in [2.45, 2.75) is 13.1 Å². The van der Waals surface area contributed by atoms with Crippen LogP contribution in [-0.2, 0) is 13.1 Å². The average Bonchev–Trinajstić information content (AvgIpc) is 3.44. The van der Waals surface area contributed by atoms with Crippen molar-refractivity contribution in [3.05, 3.63) is 66.1 Å². The number of aromatic nitrogens is 2. The molecule has 5 rings (SSSR count). The van der Waals surface area contributed by atoms with Crippen molar-refractivity contribution >= 4 is 0 Å². The van der Waals surface area contributed by atoms with Gasteiger partial charge in [0.05, 0.1) is 19.0 Å². The maximum Gasteiger partial charge on any atom is 0.231 e. The third kappa shape index (κ3) is 3.99. The van der Waals surface area contributed by atoms with Crippen LogP contribution in [0.25, 0.3) is 5.69 Å². The topological polar surface area (TPSA) is 52.0 Å². The molecule has 2 aromatic heterocycles. The fraction of sp³-hybridized carbons (Fsp3) is 0.348. The Morgan fingerprint density at radius 2 is 1.73 bits per heavy atom. The van der Waals surface area contributed by atoms with E-state index in [1.54, 1.807) is 7.11 Å². The molecule has 0 N–H and O–H groups in total. The van der Waals surface area contributed by atoms with Gasteiger partial charge in [-0.1, -0.05) is 6.07 Å². The molecule has 4 heterocycles. The van der Waals surface area contributed by atoms with Crippen LogP contribution in [0.15, 0.2) is 54.9 Å². The molecular weight excluding hydrogens is 380 g/mol. The summed E-state index contributed by atoms with van der Waals surface area (Å²) in [4.78, 5) is 9.35. The average molecular weight is 406 g/mol. The van der Waals surface area contributed by atoms with Crippen LogP contribution in [0.5, 0.6) is 17.4 Å². The van der Waals surface area contributed by atoms with E-state index >= 15 is 0 Å². The van der Waals surface area contributed by atoms with E-state index in [2.05, 4.69) is 49.8 Å². The van der Waals surface area contributed by atoms with Gasteiger partial charge in [0.15, 0.2) is 11.5 Å². The molecule has 0 amide bonds. The van der Waals surface area contributed by atoms with Crippen molar-refractivity contribution in [3.8, 4) is 23.1 Å². The second kappa shape index (κ2) is 8.38. The van der Waals surface area contributed by atoms with Gasteiger partial charge in [0.1, 0.15) is 0 Å². The Morgan fingerprint density at radius 1 is 0.933 bits per heavy atom. The minimum atomic E-state index is 0.325. The van der Waals surface area contributed by atoms with E-state index in [9.17, 15) is 0 Å². The lowest BCUT2D eigenvalue weighted by Gasteiger charge is -2.34. The predicted molar refractivity (Wildman–Crippen MR) is 113 cm³/mol. The number of fused-ring (bicyclic) bond motifs is 1. The zero-order chi connectivity index (χ0) is 20.3. The monoisotopic (exact) mass is 406 g/mol. The Labute approximate surface area is 176 Å². The Bertz CT molecular complexity index is 994. The number of methoxy groups -OCH3 is 1. The Balaban J connectivity index is 1.17. The summed E-state index contributed by atoms with van der Waals surface area (Å²) in [6.45, 7) is 6.41. The highest BCUT2D eigenvalue weighted by Gasteiger charge is 2.20. The van der Waals surface area contributed by atoms with Crippen LogP contribution in [0.2, 0.25) is 0 Å². The van der Waals surface area contributed by atoms with Crippen LogP contribution in [0.1, 0.15) is 11.3 Å². The Hall–Kier alpha value is -3.03. The first-order chi connectivity index (χ1) is 14.8. The van der Waals surface area contributed by atoms with Crippen LogP contribution >= 0.6 is 0 Å². The summed E-state index contributed by atoms with van der Waals surface area (Å²) in [5.41, 5.74) is 3.59. The lowest BCUT2D eigenvalue weighted by atomic mass is 10.1. The molecule has 30 heavy (non-hydrogen) atoms. The first-order valence-electron chi connectivity index (χ1n) is 10.3. The summed E-state index contributed by atoms with van der Waals surface area (Å²) in [7, 11) is 1.63. The molecule has 7 nitrogen and oxygen atoms in total. The number of ether oxygens (including phenoxy) is 3.